The molecule has 6 heteroatoms. The molecule has 3 nitrogen and oxygen atoms in total. The number of rotatable bonds is 4. The van der Waals surface area contributed by atoms with Gasteiger partial charge in [-0.3, -0.25) is 4.72 Å². The van der Waals surface area contributed by atoms with Crippen molar-refractivity contribution < 1.29 is 8.42 Å². The fourth-order valence-corrected chi connectivity index (χ4v) is 3.82. The lowest BCUT2D eigenvalue weighted by molar-refractivity contribution is 0.600. The Bertz CT molecular complexity index is 732. The van der Waals surface area contributed by atoms with E-state index in [1.165, 1.54) is 0 Å². The van der Waals surface area contributed by atoms with E-state index in [1.807, 2.05) is 13.0 Å². The van der Waals surface area contributed by atoms with Crippen LogP contribution in [0.1, 0.15) is 11.1 Å². The summed E-state index contributed by atoms with van der Waals surface area (Å²) in [6.07, 6.45) is 0. The van der Waals surface area contributed by atoms with Crippen LogP contribution in [0.25, 0.3) is 0 Å². The molecule has 0 spiro atoms. The van der Waals surface area contributed by atoms with E-state index in [-0.39, 0.29) is 5.75 Å². The summed E-state index contributed by atoms with van der Waals surface area (Å²) < 4.78 is 27.8. The average molecular weight is 375 g/mol. The number of sulfonamides is 1. The molecule has 2 aromatic carbocycles. The van der Waals surface area contributed by atoms with E-state index in [4.69, 9.17) is 11.6 Å². The summed E-state index contributed by atoms with van der Waals surface area (Å²) in [6.45, 7) is 1.85. The Balaban J connectivity index is 2.22. The summed E-state index contributed by atoms with van der Waals surface area (Å²) in [7, 11) is -3.50. The molecule has 0 amide bonds. The Morgan fingerprint density at radius 2 is 1.90 bits per heavy atom. The maximum absolute atomic E-state index is 12.2. The van der Waals surface area contributed by atoms with Gasteiger partial charge in [-0.15, -0.1) is 0 Å². The van der Waals surface area contributed by atoms with E-state index in [1.54, 1.807) is 36.4 Å². The number of aryl methyl sites for hydroxylation is 1. The van der Waals surface area contributed by atoms with E-state index in [9.17, 15) is 8.42 Å². The third kappa shape index (κ3) is 3.98. The van der Waals surface area contributed by atoms with Gasteiger partial charge in [0.05, 0.1) is 11.4 Å². The Morgan fingerprint density at radius 3 is 2.55 bits per heavy atom. The molecule has 20 heavy (non-hydrogen) atoms. The molecule has 0 atom stereocenters. The van der Waals surface area contributed by atoms with Gasteiger partial charge in [0.1, 0.15) is 0 Å². The smallest absolute Gasteiger partial charge is 0.236 e. The van der Waals surface area contributed by atoms with Crippen molar-refractivity contribution in [3.8, 4) is 0 Å². The molecule has 0 aliphatic carbocycles. The van der Waals surface area contributed by atoms with Gasteiger partial charge >= 0.3 is 0 Å². The van der Waals surface area contributed by atoms with E-state index < -0.39 is 10.0 Å². The largest absolute Gasteiger partial charge is 0.283 e. The molecule has 0 saturated carbocycles. The van der Waals surface area contributed by atoms with Crippen LogP contribution in [0.2, 0.25) is 5.02 Å². The first-order chi connectivity index (χ1) is 9.37. The van der Waals surface area contributed by atoms with Crippen molar-refractivity contribution in [2.45, 2.75) is 12.7 Å². The summed E-state index contributed by atoms with van der Waals surface area (Å²) in [6, 6.07) is 12.3. The highest BCUT2D eigenvalue weighted by Gasteiger charge is 2.14. The Morgan fingerprint density at radius 1 is 1.20 bits per heavy atom. The number of hydrogen-bond acceptors (Lipinski definition) is 2. The first-order valence-electron chi connectivity index (χ1n) is 5.87. The summed E-state index contributed by atoms with van der Waals surface area (Å²) in [4.78, 5) is 0. The van der Waals surface area contributed by atoms with E-state index >= 15 is 0 Å². The number of nitrogens with one attached hydrogen (secondary N) is 1. The van der Waals surface area contributed by atoms with Crippen LogP contribution in [0, 0.1) is 6.92 Å². The molecule has 0 heterocycles. The molecule has 2 rings (SSSR count). The quantitative estimate of drug-likeness (QED) is 0.864. The fourth-order valence-electron chi connectivity index (χ4n) is 1.77. The first kappa shape index (κ1) is 15.4. The van der Waals surface area contributed by atoms with Crippen molar-refractivity contribution in [3.63, 3.8) is 0 Å². The molecular weight excluding hydrogens is 362 g/mol. The number of anilines is 1. The Labute approximate surface area is 132 Å². The average Bonchev–Trinajstić information content (AvgIpc) is 2.35. The van der Waals surface area contributed by atoms with Gasteiger partial charge in [0, 0.05) is 9.50 Å². The number of halogens is 2. The second-order valence-corrected chi connectivity index (χ2v) is 7.46. The highest BCUT2D eigenvalue weighted by atomic mass is 79.9. The van der Waals surface area contributed by atoms with Gasteiger partial charge in [0.2, 0.25) is 10.0 Å². The van der Waals surface area contributed by atoms with E-state index in [0.717, 1.165) is 10.0 Å². The second-order valence-electron chi connectivity index (χ2n) is 4.41. The molecule has 0 aromatic heterocycles. The van der Waals surface area contributed by atoms with Crippen molar-refractivity contribution in [2.24, 2.45) is 0 Å². The fraction of sp³-hybridized carbons (Fsp3) is 0.143. The Kier molecular flexibility index (Phi) is 4.73. The molecule has 2 aromatic rings. The molecular formula is C14H13BrClNO2S. The number of benzene rings is 2. The van der Waals surface area contributed by atoms with Gasteiger partial charge < -0.3 is 0 Å². The molecule has 0 saturated heterocycles. The maximum Gasteiger partial charge on any atom is 0.236 e. The molecule has 0 unspecified atom stereocenters. The monoisotopic (exact) mass is 373 g/mol. The van der Waals surface area contributed by atoms with Crippen LogP contribution in [0.5, 0.6) is 0 Å². The van der Waals surface area contributed by atoms with E-state index in [2.05, 4.69) is 20.7 Å². The lowest BCUT2D eigenvalue weighted by Crippen LogP contribution is -2.16. The normalized spacial score (nSPS) is 11.3. The molecule has 0 aliphatic heterocycles. The highest BCUT2D eigenvalue weighted by Crippen LogP contribution is 2.23. The Hall–Kier alpha value is -1.04. The molecule has 0 fully saturated rings. The van der Waals surface area contributed by atoms with Crippen molar-refractivity contribution in [1.82, 2.24) is 0 Å². The lowest BCUT2D eigenvalue weighted by atomic mass is 10.2. The summed E-state index contributed by atoms with van der Waals surface area (Å²) in [5, 5.41) is 0.449. The van der Waals surface area contributed by atoms with Crippen molar-refractivity contribution in [3.05, 3.63) is 63.1 Å². The predicted octanol–water partition coefficient (Wildman–Crippen LogP) is 4.35. The molecule has 0 radical (unpaired) electrons. The van der Waals surface area contributed by atoms with Crippen LogP contribution in [0.4, 0.5) is 5.69 Å². The van der Waals surface area contributed by atoms with Crippen molar-refractivity contribution in [1.29, 1.82) is 0 Å². The second kappa shape index (κ2) is 6.16. The van der Waals surface area contributed by atoms with Gasteiger partial charge in [-0.25, -0.2) is 8.42 Å². The predicted molar refractivity (Wildman–Crippen MR) is 86.6 cm³/mol. The minimum atomic E-state index is -3.50. The topological polar surface area (TPSA) is 46.2 Å². The minimum Gasteiger partial charge on any atom is -0.283 e. The zero-order valence-corrected chi connectivity index (χ0v) is 13.9. The van der Waals surface area contributed by atoms with Crippen molar-refractivity contribution in [2.75, 3.05) is 4.72 Å². The van der Waals surface area contributed by atoms with Crippen LogP contribution < -0.4 is 4.72 Å². The molecule has 1 N–H and O–H groups in total. The van der Waals surface area contributed by atoms with Gasteiger partial charge in [0.15, 0.2) is 0 Å². The lowest BCUT2D eigenvalue weighted by Gasteiger charge is -2.11. The van der Waals surface area contributed by atoms with Crippen molar-refractivity contribution >= 4 is 43.2 Å². The molecule has 0 aliphatic rings. The SMILES string of the molecule is Cc1cc(Br)ccc1NS(=O)(=O)Cc1ccccc1Cl. The van der Waals surface area contributed by atoms with Crippen LogP contribution >= 0.6 is 27.5 Å². The summed E-state index contributed by atoms with van der Waals surface area (Å²) in [5.74, 6) is -0.151. The molecule has 106 valence electrons. The number of hydrogen-bond donors (Lipinski definition) is 1. The van der Waals surface area contributed by atoms with Gasteiger partial charge in [-0.05, 0) is 42.3 Å². The summed E-state index contributed by atoms with van der Waals surface area (Å²) in [5.41, 5.74) is 2.00. The zero-order chi connectivity index (χ0) is 14.8. The molecule has 0 bridgehead atoms. The highest BCUT2D eigenvalue weighted by molar-refractivity contribution is 9.10. The van der Waals surface area contributed by atoms with Crippen LogP contribution in [0.3, 0.4) is 0 Å². The van der Waals surface area contributed by atoms with Crippen LogP contribution in [-0.4, -0.2) is 8.42 Å². The third-order valence-electron chi connectivity index (χ3n) is 2.76. The minimum absolute atomic E-state index is 0.151. The first-order valence-corrected chi connectivity index (χ1v) is 8.70. The van der Waals surface area contributed by atoms with E-state index in [0.29, 0.717) is 16.3 Å². The van der Waals surface area contributed by atoms with Crippen LogP contribution in [-0.2, 0) is 15.8 Å². The summed E-state index contributed by atoms with van der Waals surface area (Å²) >= 11 is 9.33. The van der Waals surface area contributed by atoms with Gasteiger partial charge in [-0.2, -0.15) is 0 Å². The van der Waals surface area contributed by atoms with Gasteiger partial charge in [0.25, 0.3) is 0 Å². The standard InChI is InChI=1S/C14H13BrClNO2S/c1-10-8-12(15)6-7-14(10)17-20(18,19)9-11-4-2-3-5-13(11)16/h2-8,17H,9H2,1H3. The zero-order valence-electron chi connectivity index (χ0n) is 10.7. The van der Waals surface area contributed by atoms with Crippen LogP contribution in [0.15, 0.2) is 46.9 Å². The maximum atomic E-state index is 12.2. The third-order valence-corrected chi connectivity index (χ3v) is 4.84. The van der Waals surface area contributed by atoms with Gasteiger partial charge in [-0.1, -0.05) is 45.7 Å².